The lowest BCUT2D eigenvalue weighted by Gasteiger charge is -2.26. The quantitative estimate of drug-likeness (QED) is 0.544. The van der Waals surface area contributed by atoms with E-state index in [1.54, 1.807) is 5.38 Å². The Morgan fingerprint density at radius 1 is 1.15 bits per heavy atom. The Morgan fingerprint density at radius 2 is 1.78 bits per heavy atom. The van der Waals surface area contributed by atoms with Crippen molar-refractivity contribution >= 4 is 29.1 Å². The zero-order valence-corrected chi connectivity index (χ0v) is 16.9. The molecule has 2 aliphatic carbocycles. The molecule has 146 valence electrons. The summed E-state index contributed by atoms with van der Waals surface area (Å²) in [5, 5.41) is 11.5. The van der Waals surface area contributed by atoms with Gasteiger partial charge in [0, 0.05) is 10.3 Å². The van der Waals surface area contributed by atoms with Crippen molar-refractivity contribution in [3.63, 3.8) is 0 Å². The van der Waals surface area contributed by atoms with Crippen molar-refractivity contribution in [2.24, 2.45) is 23.7 Å². The zero-order valence-electron chi connectivity index (χ0n) is 16.1. The van der Waals surface area contributed by atoms with Gasteiger partial charge in [0.15, 0.2) is 0 Å². The average Bonchev–Trinajstić information content (AvgIpc) is 3.29. The Hall–Kier alpha value is -2.15. The molecule has 2 amide bonds. The summed E-state index contributed by atoms with van der Waals surface area (Å²) in [6, 6.07) is 0. The van der Waals surface area contributed by atoms with E-state index in [0.29, 0.717) is 5.56 Å². The number of aryl methyl sites for hydroxylation is 1. The second-order valence-electron chi connectivity index (χ2n) is 7.62. The minimum absolute atomic E-state index is 0.0485. The molecular formula is C20H26N2O4S. The van der Waals surface area contributed by atoms with Crippen molar-refractivity contribution in [2.75, 3.05) is 0 Å². The first-order chi connectivity index (χ1) is 12.8. The third kappa shape index (κ3) is 3.29. The van der Waals surface area contributed by atoms with Crippen LogP contribution in [0.4, 0.5) is 0 Å². The fourth-order valence-corrected chi connectivity index (χ4v) is 5.92. The van der Waals surface area contributed by atoms with Gasteiger partial charge in [0.1, 0.15) is 0 Å². The number of hydrazine groups is 1. The van der Waals surface area contributed by atoms with Gasteiger partial charge in [-0.15, -0.1) is 11.3 Å². The smallest absolute Gasteiger partial charge is 0.307 e. The molecule has 0 saturated heterocycles. The van der Waals surface area contributed by atoms with Gasteiger partial charge >= 0.3 is 5.97 Å². The van der Waals surface area contributed by atoms with E-state index in [1.165, 1.54) is 11.3 Å². The Kier molecular flexibility index (Phi) is 5.42. The molecule has 2 aliphatic rings. The van der Waals surface area contributed by atoms with E-state index in [0.717, 1.165) is 40.8 Å². The molecule has 1 aromatic heterocycles. The first kappa shape index (κ1) is 19.6. The number of thiophene rings is 1. The van der Waals surface area contributed by atoms with Crippen LogP contribution in [0, 0.1) is 30.6 Å². The number of hydrogen-bond donors (Lipinski definition) is 3. The number of carboxylic acid groups (broad SMARTS) is 1. The van der Waals surface area contributed by atoms with Crippen molar-refractivity contribution in [1.29, 1.82) is 0 Å². The maximum atomic E-state index is 12.8. The van der Waals surface area contributed by atoms with Crippen LogP contribution in [-0.2, 0) is 16.0 Å². The number of nitrogens with one attached hydrogen (secondary N) is 2. The summed E-state index contributed by atoms with van der Waals surface area (Å²) >= 11 is 1.50. The number of rotatable bonds is 4. The number of allylic oxidation sites excluding steroid dienone is 2. The molecule has 2 bridgehead atoms. The average molecular weight is 391 g/mol. The predicted molar refractivity (Wildman–Crippen MR) is 103 cm³/mol. The second kappa shape index (κ2) is 7.46. The number of fused-ring (bicyclic) bond motifs is 2. The van der Waals surface area contributed by atoms with Crippen LogP contribution < -0.4 is 10.9 Å². The van der Waals surface area contributed by atoms with E-state index in [-0.39, 0.29) is 17.7 Å². The zero-order chi connectivity index (χ0) is 19.9. The lowest BCUT2D eigenvalue weighted by molar-refractivity contribution is -0.149. The summed E-state index contributed by atoms with van der Waals surface area (Å²) in [5.74, 6) is -3.19. The van der Waals surface area contributed by atoms with E-state index in [2.05, 4.69) is 10.9 Å². The van der Waals surface area contributed by atoms with Crippen molar-refractivity contribution < 1.29 is 19.5 Å². The summed E-state index contributed by atoms with van der Waals surface area (Å²) in [4.78, 5) is 38.2. The van der Waals surface area contributed by atoms with Crippen molar-refractivity contribution in [3.8, 4) is 0 Å². The largest absolute Gasteiger partial charge is 0.481 e. The highest BCUT2D eigenvalue weighted by atomic mass is 32.1. The number of carboxylic acids is 1. The van der Waals surface area contributed by atoms with Gasteiger partial charge in [0.2, 0.25) is 5.91 Å². The van der Waals surface area contributed by atoms with Crippen LogP contribution in [0.2, 0.25) is 0 Å². The second-order valence-corrected chi connectivity index (χ2v) is 8.70. The van der Waals surface area contributed by atoms with Crippen LogP contribution in [0.3, 0.4) is 0 Å². The molecular weight excluding hydrogens is 364 g/mol. The summed E-state index contributed by atoms with van der Waals surface area (Å²) in [6.07, 6.45) is 2.38. The fraction of sp³-hybridized carbons (Fsp3) is 0.550. The molecule has 3 rings (SSSR count). The summed E-state index contributed by atoms with van der Waals surface area (Å²) in [6.45, 7) is 7.91. The Labute approximate surface area is 163 Å². The van der Waals surface area contributed by atoms with E-state index in [1.807, 2.05) is 27.7 Å². The monoisotopic (exact) mass is 390 g/mol. The molecule has 1 aromatic rings. The Balaban J connectivity index is 1.75. The van der Waals surface area contributed by atoms with Gasteiger partial charge in [-0.05, 0) is 57.4 Å². The van der Waals surface area contributed by atoms with Gasteiger partial charge in [-0.1, -0.05) is 18.1 Å². The molecule has 1 heterocycles. The normalized spacial score (nSPS) is 26.1. The van der Waals surface area contributed by atoms with Crippen molar-refractivity contribution in [1.82, 2.24) is 10.9 Å². The molecule has 2 fully saturated rings. The lowest BCUT2D eigenvalue weighted by atomic mass is 9.79. The third-order valence-corrected chi connectivity index (χ3v) is 6.96. The van der Waals surface area contributed by atoms with E-state index in [9.17, 15) is 19.5 Å². The SMILES string of the molecule is CCc1c(C(=O)NNC(=O)[C@@H]2[C@@H](C(=O)O)[C@H]3CC[C@H]2C3=C(C)C)csc1C. The van der Waals surface area contributed by atoms with Gasteiger partial charge in [0.25, 0.3) is 5.91 Å². The van der Waals surface area contributed by atoms with Gasteiger partial charge in [0.05, 0.1) is 17.4 Å². The lowest BCUT2D eigenvalue weighted by Crippen LogP contribution is -2.48. The van der Waals surface area contributed by atoms with Gasteiger partial charge in [-0.2, -0.15) is 0 Å². The maximum Gasteiger partial charge on any atom is 0.307 e. The number of carbonyl (C=O) groups excluding carboxylic acids is 2. The first-order valence-corrected chi connectivity index (χ1v) is 10.2. The van der Waals surface area contributed by atoms with Crippen LogP contribution in [0.15, 0.2) is 16.5 Å². The Morgan fingerprint density at radius 3 is 2.33 bits per heavy atom. The molecule has 0 aromatic carbocycles. The molecule has 0 aliphatic heterocycles. The third-order valence-electron chi connectivity index (χ3n) is 6.01. The van der Waals surface area contributed by atoms with Gasteiger partial charge in [-0.25, -0.2) is 0 Å². The number of aliphatic carboxylic acids is 1. The van der Waals surface area contributed by atoms with Crippen molar-refractivity contribution in [2.45, 2.75) is 47.0 Å². The summed E-state index contributed by atoms with van der Waals surface area (Å²) in [7, 11) is 0. The standard InChI is InChI=1S/C20H26N2O4S/c1-5-11-10(4)27-8-14(11)18(23)21-22-19(24)16-12-6-7-13(15(12)9(2)3)17(16)20(25)26/h8,12-13,16-17H,5-7H2,1-4H3,(H,21,23)(H,22,24)(H,25,26)/t12-,13-,16-,17-/m0/s1. The van der Waals surface area contributed by atoms with Crippen LogP contribution in [0.25, 0.3) is 0 Å². The predicted octanol–water partition coefficient (Wildman–Crippen LogP) is 3.07. The Bertz CT molecular complexity index is 822. The molecule has 7 heteroatoms. The number of amides is 2. The van der Waals surface area contributed by atoms with Crippen LogP contribution in [0.1, 0.15) is 54.4 Å². The van der Waals surface area contributed by atoms with Crippen LogP contribution in [-0.4, -0.2) is 22.9 Å². The molecule has 3 N–H and O–H groups in total. The molecule has 27 heavy (non-hydrogen) atoms. The molecule has 4 atom stereocenters. The van der Waals surface area contributed by atoms with E-state index in [4.69, 9.17) is 0 Å². The van der Waals surface area contributed by atoms with E-state index >= 15 is 0 Å². The molecule has 2 saturated carbocycles. The number of hydrogen-bond acceptors (Lipinski definition) is 4. The van der Waals surface area contributed by atoms with Crippen LogP contribution in [0.5, 0.6) is 0 Å². The topological polar surface area (TPSA) is 95.5 Å². The first-order valence-electron chi connectivity index (χ1n) is 9.35. The van der Waals surface area contributed by atoms with Crippen LogP contribution >= 0.6 is 11.3 Å². The molecule has 0 unspecified atom stereocenters. The molecule has 6 nitrogen and oxygen atoms in total. The van der Waals surface area contributed by atoms with Gasteiger partial charge in [-0.3, -0.25) is 25.2 Å². The minimum atomic E-state index is -0.936. The van der Waals surface area contributed by atoms with Gasteiger partial charge < -0.3 is 5.11 Å². The highest BCUT2D eigenvalue weighted by Crippen LogP contribution is 2.57. The summed E-state index contributed by atoms with van der Waals surface area (Å²) < 4.78 is 0. The molecule has 0 radical (unpaired) electrons. The van der Waals surface area contributed by atoms with Crippen molar-refractivity contribution in [3.05, 3.63) is 32.5 Å². The molecule has 0 spiro atoms. The highest BCUT2D eigenvalue weighted by molar-refractivity contribution is 7.10. The fourth-order valence-electron chi connectivity index (χ4n) is 4.98. The summed E-state index contributed by atoms with van der Waals surface area (Å²) in [5.41, 5.74) is 8.74. The highest BCUT2D eigenvalue weighted by Gasteiger charge is 2.57. The maximum absolute atomic E-state index is 12.8. The number of carbonyl (C=O) groups is 3. The minimum Gasteiger partial charge on any atom is -0.481 e. The van der Waals surface area contributed by atoms with E-state index < -0.39 is 23.7 Å².